The van der Waals surface area contributed by atoms with Crippen LogP contribution in [0.2, 0.25) is 0 Å². The lowest BCUT2D eigenvalue weighted by molar-refractivity contribution is 0.416. The van der Waals surface area contributed by atoms with E-state index < -0.39 is 0 Å². The minimum atomic E-state index is 0.810. The first-order valence-electron chi connectivity index (χ1n) is 5.99. The number of hydrogen-bond donors (Lipinski definition) is 1. The fourth-order valence-corrected chi connectivity index (χ4v) is 2.15. The molecule has 1 aromatic carbocycles. The quantitative estimate of drug-likeness (QED) is 0.896. The number of hydrogen-bond acceptors (Lipinski definition) is 3. The van der Waals surface area contributed by atoms with Crippen molar-refractivity contribution in [2.75, 3.05) is 14.2 Å². The van der Waals surface area contributed by atoms with Gasteiger partial charge in [-0.05, 0) is 26.1 Å². The predicted octanol–water partition coefficient (Wildman–Crippen LogP) is 2.12. The van der Waals surface area contributed by atoms with Crippen LogP contribution >= 0.6 is 0 Å². The molecule has 0 amide bonds. The van der Waals surface area contributed by atoms with Crippen LogP contribution in [0.3, 0.4) is 0 Å². The zero-order valence-electron chi connectivity index (χ0n) is 11.3. The molecule has 1 N–H and O–H groups in total. The van der Waals surface area contributed by atoms with Gasteiger partial charge in [-0.25, -0.2) is 4.98 Å². The zero-order valence-corrected chi connectivity index (χ0v) is 11.3. The van der Waals surface area contributed by atoms with Crippen LogP contribution in [-0.2, 0) is 13.6 Å². The molecule has 2 rings (SSSR count). The molecule has 4 nitrogen and oxygen atoms in total. The number of ether oxygens (including phenoxy) is 1. The fraction of sp³-hybridized carbons (Fsp3) is 0.357. The summed E-state index contributed by atoms with van der Waals surface area (Å²) in [6, 6.07) is 7.95. The second-order valence-electron chi connectivity index (χ2n) is 4.26. The Kier molecular flexibility index (Phi) is 3.67. The maximum atomic E-state index is 5.39. The maximum absolute atomic E-state index is 5.39. The molecule has 0 aliphatic heterocycles. The Bertz CT molecular complexity index is 546. The highest BCUT2D eigenvalue weighted by molar-refractivity contribution is 5.65. The van der Waals surface area contributed by atoms with E-state index in [1.807, 2.05) is 45.3 Å². The fourth-order valence-electron chi connectivity index (χ4n) is 2.15. The van der Waals surface area contributed by atoms with E-state index >= 15 is 0 Å². The number of benzene rings is 1. The predicted molar refractivity (Wildman–Crippen MR) is 72.7 cm³/mol. The van der Waals surface area contributed by atoms with Gasteiger partial charge in [-0.15, -0.1) is 0 Å². The van der Waals surface area contributed by atoms with Gasteiger partial charge in [0.05, 0.1) is 24.1 Å². The monoisotopic (exact) mass is 245 g/mol. The summed E-state index contributed by atoms with van der Waals surface area (Å²) in [5, 5.41) is 3.17. The van der Waals surface area contributed by atoms with Crippen LogP contribution < -0.4 is 10.1 Å². The Morgan fingerprint density at radius 1 is 1.33 bits per heavy atom. The summed E-state index contributed by atoms with van der Waals surface area (Å²) in [5.41, 5.74) is 3.26. The van der Waals surface area contributed by atoms with Crippen LogP contribution in [0.5, 0.6) is 5.75 Å². The third kappa shape index (κ3) is 2.11. The van der Waals surface area contributed by atoms with Gasteiger partial charge in [-0.1, -0.05) is 12.1 Å². The third-order valence-corrected chi connectivity index (χ3v) is 3.11. The minimum absolute atomic E-state index is 0.810. The van der Waals surface area contributed by atoms with Crippen molar-refractivity contribution in [3.63, 3.8) is 0 Å². The summed E-state index contributed by atoms with van der Waals surface area (Å²) in [5.74, 6) is 1.79. The molecule has 4 heteroatoms. The highest BCUT2D eigenvalue weighted by Crippen LogP contribution is 2.29. The van der Waals surface area contributed by atoms with E-state index in [2.05, 4.69) is 14.9 Å². The van der Waals surface area contributed by atoms with E-state index in [1.54, 1.807) is 7.11 Å². The molecule has 1 heterocycles. The molecule has 0 saturated heterocycles. The van der Waals surface area contributed by atoms with Crippen LogP contribution in [0, 0.1) is 6.92 Å². The van der Waals surface area contributed by atoms with E-state index in [9.17, 15) is 0 Å². The largest absolute Gasteiger partial charge is 0.496 e. The van der Waals surface area contributed by atoms with E-state index in [0.717, 1.165) is 29.4 Å². The Morgan fingerprint density at radius 2 is 2.06 bits per heavy atom. The first kappa shape index (κ1) is 12.6. The highest BCUT2D eigenvalue weighted by Gasteiger charge is 2.15. The number of nitrogens with one attached hydrogen (secondary N) is 1. The lowest BCUT2D eigenvalue weighted by Gasteiger charge is -2.09. The lowest BCUT2D eigenvalue weighted by Crippen LogP contribution is -2.10. The SMILES string of the molecule is CNCc1c(C)nc(-c2ccccc2OC)n1C. The van der Waals surface area contributed by atoms with Gasteiger partial charge in [-0.3, -0.25) is 0 Å². The topological polar surface area (TPSA) is 39.1 Å². The van der Waals surface area contributed by atoms with E-state index in [4.69, 9.17) is 4.74 Å². The van der Waals surface area contributed by atoms with Gasteiger partial charge in [-0.2, -0.15) is 0 Å². The lowest BCUT2D eigenvalue weighted by atomic mass is 10.2. The van der Waals surface area contributed by atoms with Crippen molar-refractivity contribution < 1.29 is 4.74 Å². The first-order valence-corrected chi connectivity index (χ1v) is 5.99. The van der Waals surface area contributed by atoms with Gasteiger partial charge in [0, 0.05) is 13.6 Å². The van der Waals surface area contributed by atoms with Gasteiger partial charge >= 0.3 is 0 Å². The summed E-state index contributed by atoms with van der Waals surface area (Å²) in [6.45, 7) is 2.84. The Hall–Kier alpha value is -1.81. The smallest absolute Gasteiger partial charge is 0.143 e. The Labute approximate surface area is 108 Å². The highest BCUT2D eigenvalue weighted by atomic mass is 16.5. The molecule has 0 radical (unpaired) electrons. The van der Waals surface area contributed by atoms with Gasteiger partial charge < -0.3 is 14.6 Å². The summed E-state index contributed by atoms with van der Waals surface area (Å²) < 4.78 is 7.51. The number of para-hydroxylation sites is 1. The van der Waals surface area contributed by atoms with E-state index in [-0.39, 0.29) is 0 Å². The number of nitrogens with zero attached hydrogens (tertiary/aromatic N) is 2. The first-order chi connectivity index (χ1) is 8.69. The van der Waals surface area contributed by atoms with Crippen molar-refractivity contribution in [3.8, 4) is 17.1 Å². The van der Waals surface area contributed by atoms with Crippen LogP contribution in [0.4, 0.5) is 0 Å². The van der Waals surface area contributed by atoms with E-state index in [1.165, 1.54) is 5.69 Å². The molecule has 0 aliphatic carbocycles. The van der Waals surface area contributed by atoms with Crippen LogP contribution in [0.15, 0.2) is 24.3 Å². The number of rotatable bonds is 4. The average Bonchev–Trinajstić information content (AvgIpc) is 2.67. The molecular formula is C14H19N3O. The standard InChI is InChI=1S/C14H19N3O/c1-10-12(9-15-2)17(3)14(16-10)11-7-5-6-8-13(11)18-4/h5-8,15H,9H2,1-4H3. The summed E-state index contributed by atoms with van der Waals surface area (Å²) in [4.78, 5) is 4.65. The van der Waals surface area contributed by atoms with Crippen molar-refractivity contribution in [1.82, 2.24) is 14.9 Å². The Balaban J connectivity index is 2.54. The van der Waals surface area contributed by atoms with Gasteiger partial charge in [0.15, 0.2) is 0 Å². The van der Waals surface area contributed by atoms with Crippen molar-refractivity contribution in [1.29, 1.82) is 0 Å². The van der Waals surface area contributed by atoms with Gasteiger partial charge in [0.1, 0.15) is 11.6 Å². The number of aryl methyl sites for hydroxylation is 1. The Morgan fingerprint density at radius 3 is 2.72 bits per heavy atom. The molecule has 0 bridgehead atoms. The summed E-state index contributed by atoms with van der Waals surface area (Å²) in [6.07, 6.45) is 0. The summed E-state index contributed by atoms with van der Waals surface area (Å²) >= 11 is 0. The molecule has 0 atom stereocenters. The molecule has 0 spiro atoms. The molecule has 0 saturated carbocycles. The molecule has 18 heavy (non-hydrogen) atoms. The maximum Gasteiger partial charge on any atom is 0.143 e. The van der Waals surface area contributed by atoms with E-state index in [0.29, 0.717) is 0 Å². The van der Waals surface area contributed by atoms with Crippen molar-refractivity contribution >= 4 is 0 Å². The molecule has 0 unspecified atom stereocenters. The number of methoxy groups -OCH3 is 1. The van der Waals surface area contributed by atoms with Crippen molar-refractivity contribution in [2.24, 2.45) is 7.05 Å². The van der Waals surface area contributed by atoms with Crippen LogP contribution in [0.25, 0.3) is 11.4 Å². The molecule has 0 fully saturated rings. The number of aromatic nitrogens is 2. The zero-order chi connectivity index (χ0) is 13.1. The molecule has 0 aliphatic rings. The normalized spacial score (nSPS) is 10.7. The third-order valence-electron chi connectivity index (χ3n) is 3.11. The van der Waals surface area contributed by atoms with Crippen LogP contribution in [-0.4, -0.2) is 23.7 Å². The molecule has 2 aromatic rings. The van der Waals surface area contributed by atoms with Crippen molar-refractivity contribution in [2.45, 2.75) is 13.5 Å². The van der Waals surface area contributed by atoms with Gasteiger partial charge in [0.2, 0.25) is 0 Å². The molecule has 96 valence electrons. The average molecular weight is 245 g/mol. The van der Waals surface area contributed by atoms with Gasteiger partial charge in [0.25, 0.3) is 0 Å². The van der Waals surface area contributed by atoms with Crippen LogP contribution in [0.1, 0.15) is 11.4 Å². The number of imidazole rings is 1. The molecule has 1 aromatic heterocycles. The van der Waals surface area contributed by atoms with Crippen molar-refractivity contribution in [3.05, 3.63) is 35.7 Å². The second-order valence-corrected chi connectivity index (χ2v) is 4.26. The summed E-state index contributed by atoms with van der Waals surface area (Å²) in [7, 11) is 5.66. The minimum Gasteiger partial charge on any atom is -0.496 e. The molecular weight excluding hydrogens is 226 g/mol. The second kappa shape index (κ2) is 5.23.